The van der Waals surface area contributed by atoms with Crippen LogP contribution in [-0.4, -0.2) is 0 Å². The second kappa shape index (κ2) is 5.67. The van der Waals surface area contributed by atoms with E-state index < -0.39 is 11.6 Å². The molecule has 0 aromatic heterocycles. The summed E-state index contributed by atoms with van der Waals surface area (Å²) >= 11 is 9.14. The monoisotopic (exact) mass is 332 g/mol. The number of benzene rings is 2. The van der Waals surface area contributed by atoms with Gasteiger partial charge in [0.1, 0.15) is 24.0 Å². The first-order chi connectivity index (χ1) is 8.56. The summed E-state index contributed by atoms with van der Waals surface area (Å²) in [6.45, 7) is 0.0681. The van der Waals surface area contributed by atoms with Crippen LogP contribution in [0.5, 0.6) is 5.75 Å². The summed E-state index contributed by atoms with van der Waals surface area (Å²) in [7, 11) is 0. The van der Waals surface area contributed by atoms with Gasteiger partial charge in [0, 0.05) is 16.7 Å². The molecule has 0 aliphatic rings. The fourth-order valence-electron chi connectivity index (χ4n) is 1.40. The lowest BCUT2D eigenvalue weighted by atomic mass is 10.2. The van der Waals surface area contributed by atoms with Crippen LogP contribution in [0.15, 0.2) is 40.9 Å². The summed E-state index contributed by atoms with van der Waals surface area (Å²) in [5.74, 6) is -0.454. The minimum absolute atomic E-state index is 0.0681. The van der Waals surface area contributed by atoms with Crippen LogP contribution in [0.25, 0.3) is 0 Å². The van der Waals surface area contributed by atoms with Gasteiger partial charge in [-0.1, -0.05) is 11.6 Å². The van der Waals surface area contributed by atoms with Crippen LogP contribution in [0, 0.1) is 11.6 Å². The van der Waals surface area contributed by atoms with Gasteiger partial charge >= 0.3 is 0 Å². The smallest absolute Gasteiger partial charge is 0.136 e. The van der Waals surface area contributed by atoms with E-state index in [1.54, 1.807) is 0 Å². The molecule has 0 spiro atoms. The van der Waals surface area contributed by atoms with E-state index in [-0.39, 0.29) is 6.61 Å². The van der Waals surface area contributed by atoms with Crippen LogP contribution in [0.3, 0.4) is 0 Å². The zero-order valence-corrected chi connectivity index (χ0v) is 11.4. The predicted octanol–water partition coefficient (Wildman–Crippen LogP) is 4.96. The first-order valence-corrected chi connectivity index (χ1v) is 6.25. The summed E-state index contributed by atoms with van der Waals surface area (Å²) in [4.78, 5) is 0. The average molecular weight is 334 g/mol. The Hall–Kier alpha value is -1.13. The molecule has 0 atom stereocenters. The van der Waals surface area contributed by atoms with Crippen molar-refractivity contribution in [2.24, 2.45) is 0 Å². The van der Waals surface area contributed by atoms with Crippen molar-refractivity contribution >= 4 is 27.5 Å². The van der Waals surface area contributed by atoms with Gasteiger partial charge in [-0.15, -0.1) is 0 Å². The molecule has 18 heavy (non-hydrogen) atoms. The van der Waals surface area contributed by atoms with Crippen molar-refractivity contribution in [1.82, 2.24) is 0 Å². The average Bonchev–Trinajstić information content (AvgIpc) is 2.34. The normalized spacial score (nSPS) is 10.4. The topological polar surface area (TPSA) is 9.23 Å². The van der Waals surface area contributed by atoms with Crippen LogP contribution in [-0.2, 0) is 6.61 Å². The Labute approximate surface area is 116 Å². The van der Waals surface area contributed by atoms with Crippen molar-refractivity contribution < 1.29 is 13.5 Å². The van der Waals surface area contributed by atoms with Gasteiger partial charge in [-0.2, -0.15) is 0 Å². The minimum Gasteiger partial charge on any atom is -0.488 e. The predicted molar refractivity (Wildman–Crippen MR) is 69.8 cm³/mol. The molecule has 0 aliphatic heterocycles. The summed E-state index contributed by atoms with van der Waals surface area (Å²) in [6, 6.07) is 8.11. The molecule has 0 aliphatic carbocycles. The van der Waals surface area contributed by atoms with Crippen molar-refractivity contribution in [2.45, 2.75) is 6.61 Å². The number of rotatable bonds is 3. The van der Waals surface area contributed by atoms with E-state index in [0.717, 1.165) is 0 Å². The van der Waals surface area contributed by atoms with Crippen molar-refractivity contribution in [3.8, 4) is 5.75 Å². The van der Waals surface area contributed by atoms with E-state index in [4.69, 9.17) is 16.3 Å². The standard InChI is InChI=1S/C13H8BrClF2O/c14-11-3-1-10(17)6-13(11)18-7-8-5-9(16)2-4-12(8)15/h1-6H,7H2. The van der Waals surface area contributed by atoms with E-state index in [2.05, 4.69) is 15.9 Å². The highest BCUT2D eigenvalue weighted by Crippen LogP contribution is 2.27. The Kier molecular flexibility index (Phi) is 4.19. The van der Waals surface area contributed by atoms with Gasteiger partial charge in [0.05, 0.1) is 4.47 Å². The van der Waals surface area contributed by atoms with Gasteiger partial charge in [0.15, 0.2) is 0 Å². The van der Waals surface area contributed by atoms with Crippen LogP contribution in [0.2, 0.25) is 5.02 Å². The Balaban J connectivity index is 2.16. The molecule has 0 bridgehead atoms. The maximum absolute atomic E-state index is 13.0. The Bertz CT molecular complexity index is 523. The molecule has 0 fully saturated rings. The quantitative estimate of drug-likeness (QED) is 0.771. The number of ether oxygens (including phenoxy) is 1. The third-order valence-corrected chi connectivity index (χ3v) is 3.31. The van der Waals surface area contributed by atoms with Gasteiger partial charge in [-0.05, 0) is 46.3 Å². The zero-order valence-electron chi connectivity index (χ0n) is 9.09. The van der Waals surface area contributed by atoms with E-state index >= 15 is 0 Å². The van der Waals surface area contributed by atoms with Crippen molar-refractivity contribution in [2.75, 3.05) is 0 Å². The first kappa shape index (κ1) is 13.3. The molecule has 0 unspecified atom stereocenters. The second-order valence-electron chi connectivity index (χ2n) is 3.60. The summed E-state index contributed by atoms with van der Waals surface area (Å²) in [5, 5.41) is 0.406. The number of halogens is 4. The highest BCUT2D eigenvalue weighted by atomic mass is 79.9. The molecule has 94 valence electrons. The number of hydrogen-bond acceptors (Lipinski definition) is 1. The van der Waals surface area contributed by atoms with Crippen LogP contribution in [0.1, 0.15) is 5.56 Å². The second-order valence-corrected chi connectivity index (χ2v) is 4.86. The SMILES string of the molecule is Fc1ccc(Cl)c(COc2cc(F)ccc2Br)c1. The summed E-state index contributed by atoms with van der Waals surface area (Å²) < 4.78 is 32.1. The van der Waals surface area contributed by atoms with Crippen LogP contribution < -0.4 is 4.74 Å². The maximum atomic E-state index is 13.0. The van der Waals surface area contributed by atoms with Gasteiger partial charge in [-0.25, -0.2) is 8.78 Å². The van der Waals surface area contributed by atoms with E-state index in [9.17, 15) is 8.78 Å². The third kappa shape index (κ3) is 3.21. The highest BCUT2D eigenvalue weighted by Gasteiger charge is 2.06. The molecule has 2 aromatic carbocycles. The summed E-state index contributed by atoms with van der Waals surface area (Å²) in [6.07, 6.45) is 0. The highest BCUT2D eigenvalue weighted by molar-refractivity contribution is 9.10. The first-order valence-electron chi connectivity index (χ1n) is 5.08. The van der Waals surface area contributed by atoms with Crippen molar-refractivity contribution in [3.05, 3.63) is 63.1 Å². The molecule has 0 radical (unpaired) electrons. The molecular formula is C13H8BrClF2O. The molecule has 0 amide bonds. The van der Waals surface area contributed by atoms with Crippen molar-refractivity contribution in [1.29, 1.82) is 0 Å². The molecule has 0 saturated heterocycles. The molecule has 0 heterocycles. The molecule has 0 N–H and O–H groups in total. The Morgan fingerprint density at radius 2 is 1.72 bits per heavy atom. The van der Waals surface area contributed by atoms with Gasteiger partial charge in [-0.3, -0.25) is 0 Å². The van der Waals surface area contributed by atoms with Gasteiger partial charge < -0.3 is 4.74 Å². The third-order valence-electron chi connectivity index (χ3n) is 2.28. The molecule has 1 nitrogen and oxygen atoms in total. The molecule has 2 rings (SSSR count). The van der Waals surface area contributed by atoms with Crippen LogP contribution >= 0.6 is 27.5 Å². The van der Waals surface area contributed by atoms with E-state index in [1.165, 1.54) is 36.4 Å². The van der Waals surface area contributed by atoms with Gasteiger partial charge in [0.25, 0.3) is 0 Å². The summed E-state index contributed by atoms with van der Waals surface area (Å²) in [5.41, 5.74) is 0.507. The minimum atomic E-state index is -0.404. The molecule has 2 aromatic rings. The Morgan fingerprint density at radius 3 is 2.50 bits per heavy atom. The lowest BCUT2D eigenvalue weighted by Gasteiger charge is -2.09. The van der Waals surface area contributed by atoms with Gasteiger partial charge in [0.2, 0.25) is 0 Å². The lowest BCUT2D eigenvalue weighted by Crippen LogP contribution is -1.98. The zero-order chi connectivity index (χ0) is 13.1. The largest absolute Gasteiger partial charge is 0.488 e. The van der Waals surface area contributed by atoms with E-state index in [1.807, 2.05) is 0 Å². The molecule has 5 heteroatoms. The number of hydrogen-bond donors (Lipinski definition) is 0. The fraction of sp³-hybridized carbons (Fsp3) is 0.0769. The fourth-order valence-corrected chi connectivity index (χ4v) is 1.93. The van der Waals surface area contributed by atoms with Crippen molar-refractivity contribution in [3.63, 3.8) is 0 Å². The lowest BCUT2D eigenvalue weighted by molar-refractivity contribution is 0.302. The molecular weight excluding hydrogens is 325 g/mol. The molecule has 0 saturated carbocycles. The maximum Gasteiger partial charge on any atom is 0.136 e. The van der Waals surface area contributed by atoms with E-state index in [0.29, 0.717) is 20.8 Å². The van der Waals surface area contributed by atoms with Crippen LogP contribution in [0.4, 0.5) is 8.78 Å². The Morgan fingerprint density at radius 1 is 1.06 bits per heavy atom.